The average Bonchev–Trinajstić information content (AvgIpc) is 2.50. The third kappa shape index (κ3) is 6.55. The molecule has 118 valence electrons. The topological polar surface area (TPSA) is 78.8 Å². The molecule has 1 atom stereocenters. The third-order valence-corrected chi connectivity index (χ3v) is 3.07. The summed E-state index contributed by atoms with van der Waals surface area (Å²) in [6.45, 7) is 7.62. The van der Waals surface area contributed by atoms with E-state index in [1.807, 2.05) is 20.8 Å². The molecule has 0 amide bonds. The zero-order valence-corrected chi connectivity index (χ0v) is 13.3. The number of aliphatic hydroxyl groups is 1. The smallest absolute Gasteiger partial charge is 0.191 e. The molecule has 0 fully saturated rings. The van der Waals surface area contributed by atoms with E-state index in [0.29, 0.717) is 19.0 Å². The molecule has 0 saturated heterocycles. The van der Waals surface area contributed by atoms with E-state index in [4.69, 9.17) is 4.74 Å². The van der Waals surface area contributed by atoms with Gasteiger partial charge in [-0.05, 0) is 38.5 Å². The molecule has 1 heterocycles. The van der Waals surface area contributed by atoms with E-state index >= 15 is 0 Å². The first-order valence-electron chi connectivity index (χ1n) is 7.14. The van der Waals surface area contributed by atoms with Crippen LogP contribution in [0.4, 0.5) is 0 Å². The number of aliphatic hydroxyl groups excluding tert-OH is 1. The summed E-state index contributed by atoms with van der Waals surface area (Å²) in [4.78, 5) is 8.40. The molecule has 6 nitrogen and oxygen atoms in total. The monoisotopic (exact) mass is 294 g/mol. The van der Waals surface area contributed by atoms with Crippen molar-refractivity contribution >= 4 is 5.96 Å². The zero-order chi connectivity index (χ0) is 15.7. The van der Waals surface area contributed by atoms with Crippen LogP contribution in [0.25, 0.3) is 0 Å². The van der Waals surface area contributed by atoms with Crippen LogP contribution in [0.15, 0.2) is 29.5 Å². The predicted molar refractivity (Wildman–Crippen MR) is 84.3 cm³/mol. The van der Waals surface area contributed by atoms with Crippen LogP contribution in [0.3, 0.4) is 0 Å². The number of aliphatic imine (C=N–C) groups is 1. The number of methoxy groups -OCH3 is 1. The summed E-state index contributed by atoms with van der Waals surface area (Å²) in [7, 11) is 1.67. The third-order valence-electron chi connectivity index (χ3n) is 3.07. The predicted octanol–water partition coefficient (Wildman–Crippen LogP) is 1.10. The lowest BCUT2D eigenvalue weighted by Gasteiger charge is -2.21. The van der Waals surface area contributed by atoms with E-state index in [0.717, 1.165) is 12.1 Å². The fourth-order valence-corrected chi connectivity index (χ4v) is 1.57. The van der Waals surface area contributed by atoms with Crippen LogP contribution in [-0.2, 0) is 4.74 Å². The lowest BCUT2D eigenvalue weighted by atomic mass is 10.1. The maximum atomic E-state index is 10.1. The molecule has 0 radical (unpaired) electrons. The van der Waals surface area contributed by atoms with Gasteiger partial charge in [-0.1, -0.05) is 0 Å². The summed E-state index contributed by atoms with van der Waals surface area (Å²) < 4.78 is 5.34. The highest BCUT2D eigenvalue weighted by Crippen LogP contribution is 2.10. The number of nitrogens with one attached hydrogen (secondary N) is 2. The highest BCUT2D eigenvalue weighted by atomic mass is 16.5. The van der Waals surface area contributed by atoms with Crippen molar-refractivity contribution in [1.82, 2.24) is 15.6 Å². The maximum Gasteiger partial charge on any atom is 0.191 e. The van der Waals surface area contributed by atoms with E-state index in [2.05, 4.69) is 20.6 Å². The highest BCUT2D eigenvalue weighted by Gasteiger charge is 2.16. The Labute approximate surface area is 126 Å². The highest BCUT2D eigenvalue weighted by molar-refractivity contribution is 5.79. The van der Waals surface area contributed by atoms with Gasteiger partial charge in [-0.3, -0.25) is 9.98 Å². The lowest BCUT2D eigenvalue weighted by Crippen LogP contribution is -2.40. The van der Waals surface area contributed by atoms with Crippen LogP contribution in [0.5, 0.6) is 0 Å². The van der Waals surface area contributed by atoms with Gasteiger partial charge in [0.05, 0.1) is 18.2 Å². The fraction of sp³-hybridized carbons (Fsp3) is 0.600. The number of ether oxygens (including phenoxy) is 1. The Morgan fingerprint density at radius 1 is 1.38 bits per heavy atom. The summed E-state index contributed by atoms with van der Waals surface area (Å²) in [6, 6.07) is 3.59. The normalized spacial score (nSPS) is 13.9. The first-order chi connectivity index (χ1) is 9.98. The molecular formula is C15H26N4O2. The van der Waals surface area contributed by atoms with Gasteiger partial charge in [-0.25, -0.2) is 0 Å². The second kappa shape index (κ2) is 8.59. The molecule has 0 aromatic carbocycles. The van der Waals surface area contributed by atoms with Crippen LogP contribution in [-0.4, -0.2) is 48.4 Å². The first kappa shape index (κ1) is 17.4. The van der Waals surface area contributed by atoms with E-state index in [1.54, 1.807) is 31.6 Å². The van der Waals surface area contributed by atoms with Crippen molar-refractivity contribution in [1.29, 1.82) is 0 Å². The molecule has 0 aliphatic carbocycles. The van der Waals surface area contributed by atoms with Crippen molar-refractivity contribution in [2.75, 3.05) is 26.7 Å². The molecule has 0 bridgehead atoms. The SMILES string of the molecule is CCNC(=NCC(C)(C)OC)NCC(O)c1ccncc1. The minimum Gasteiger partial charge on any atom is -0.387 e. The number of aromatic nitrogens is 1. The molecule has 0 saturated carbocycles. The average molecular weight is 294 g/mol. The molecule has 1 unspecified atom stereocenters. The fourth-order valence-electron chi connectivity index (χ4n) is 1.57. The van der Waals surface area contributed by atoms with Crippen LogP contribution in [0, 0.1) is 0 Å². The number of hydrogen-bond donors (Lipinski definition) is 3. The van der Waals surface area contributed by atoms with Crippen molar-refractivity contribution in [3.63, 3.8) is 0 Å². The largest absolute Gasteiger partial charge is 0.387 e. The van der Waals surface area contributed by atoms with Crippen LogP contribution in [0.2, 0.25) is 0 Å². The molecule has 6 heteroatoms. The number of rotatable bonds is 7. The Morgan fingerprint density at radius 2 is 2.05 bits per heavy atom. The molecule has 3 N–H and O–H groups in total. The lowest BCUT2D eigenvalue weighted by molar-refractivity contribution is 0.0310. The van der Waals surface area contributed by atoms with Gasteiger partial charge in [0.15, 0.2) is 5.96 Å². The summed E-state index contributed by atoms with van der Waals surface area (Å²) >= 11 is 0. The molecule has 1 aromatic heterocycles. The molecule has 0 aliphatic heterocycles. The molecular weight excluding hydrogens is 268 g/mol. The zero-order valence-electron chi connectivity index (χ0n) is 13.3. The Bertz CT molecular complexity index is 435. The second-order valence-electron chi connectivity index (χ2n) is 5.34. The van der Waals surface area contributed by atoms with Gasteiger partial charge < -0.3 is 20.5 Å². The van der Waals surface area contributed by atoms with Gasteiger partial charge in [-0.2, -0.15) is 0 Å². The molecule has 0 aliphatic rings. The number of guanidine groups is 1. The van der Waals surface area contributed by atoms with E-state index < -0.39 is 6.10 Å². The molecule has 1 aromatic rings. The van der Waals surface area contributed by atoms with Gasteiger partial charge in [0.25, 0.3) is 0 Å². The summed E-state index contributed by atoms with van der Waals surface area (Å²) in [6.07, 6.45) is 2.73. The van der Waals surface area contributed by atoms with E-state index in [-0.39, 0.29) is 5.60 Å². The molecule has 1 rings (SSSR count). The Kier molecular flexibility index (Phi) is 7.11. The number of pyridine rings is 1. The standard InChI is InChI=1S/C15H26N4O2/c1-5-17-14(19-11-15(2,3)21-4)18-10-13(20)12-6-8-16-9-7-12/h6-9,13,20H,5,10-11H2,1-4H3,(H2,17,18,19). The van der Waals surface area contributed by atoms with Gasteiger partial charge >= 0.3 is 0 Å². The van der Waals surface area contributed by atoms with Crippen LogP contribution >= 0.6 is 0 Å². The minimum atomic E-state index is -0.604. The summed E-state index contributed by atoms with van der Waals surface area (Å²) in [5.41, 5.74) is 0.511. The van der Waals surface area contributed by atoms with Crippen molar-refractivity contribution < 1.29 is 9.84 Å². The molecule has 0 spiro atoms. The van der Waals surface area contributed by atoms with Crippen molar-refractivity contribution in [3.05, 3.63) is 30.1 Å². The Morgan fingerprint density at radius 3 is 2.62 bits per heavy atom. The molecule has 21 heavy (non-hydrogen) atoms. The van der Waals surface area contributed by atoms with Gasteiger partial charge in [0.1, 0.15) is 0 Å². The Hall–Kier alpha value is -1.66. The number of nitrogens with zero attached hydrogens (tertiary/aromatic N) is 2. The van der Waals surface area contributed by atoms with E-state index in [9.17, 15) is 5.11 Å². The van der Waals surface area contributed by atoms with Crippen molar-refractivity contribution in [2.24, 2.45) is 4.99 Å². The van der Waals surface area contributed by atoms with Crippen molar-refractivity contribution in [3.8, 4) is 0 Å². The van der Waals surface area contributed by atoms with Crippen molar-refractivity contribution in [2.45, 2.75) is 32.5 Å². The second-order valence-corrected chi connectivity index (χ2v) is 5.34. The minimum absolute atomic E-state index is 0.313. The number of hydrogen-bond acceptors (Lipinski definition) is 4. The quantitative estimate of drug-likeness (QED) is 0.518. The van der Waals surface area contributed by atoms with Crippen LogP contribution < -0.4 is 10.6 Å². The summed E-state index contributed by atoms with van der Waals surface area (Å²) in [5, 5.41) is 16.4. The van der Waals surface area contributed by atoms with Crippen LogP contribution in [0.1, 0.15) is 32.4 Å². The van der Waals surface area contributed by atoms with E-state index in [1.165, 1.54) is 0 Å². The summed E-state index contributed by atoms with van der Waals surface area (Å²) in [5.74, 6) is 0.663. The first-order valence-corrected chi connectivity index (χ1v) is 7.14. The Balaban J connectivity index is 2.56. The maximum absolute atomic E-state index is 10.1. The van der Waals surface area contributed by atoms with Gasteiger partial charge in [0.2, 0.25) is 0 Å². The van der Waals surface area contributed by atoms with Gasteiger partial charge in [0, 0.05) is 32.6 Å². The van der Waals surface area contributed by atoms with Gasteiger partial charge in [-0.15, -0.1) is 0 Å².